The number of aliphatic hydroxyl groups excluding tert-OH is 1. The monoisotopic (exact) mass is 476 g/mol. The summed E-state index contributed by atoms with van der Waals surface area (Å²) < 4.78 is 15.8. The molecule has 5 nitrogen and oxygen atoms in total. The second kappa shape index (κ2) is 13.0. The highest BCUT2D eigenvalue weighted by molar-refractivity contribution is 5.72. The Labute approximate surface area is 208 Å². The zero-order valence-corrected chi connectivity index (χ0v) is 21.1. The number of methoxy groups -OCH3 is 3. The highest BCUT2D eigenvalue weighted by Crippen LogP contribution is 2.36. The summed E-state index contributed by atoms with van der Waals surface area (Å²) in [7, 11) is 4.66. The maximum Gasteiger partial charge on any atom is 0.309 e. The van der Waals surface area contributed by atoms with E-state index in [0.717, 1.165) is 41.5 Å². The van der Waals surface area contributed by atoms with Crippen LogP contribution in [0.3, 0.4) is 0 Å². The first-order valence-electron chi connectivity index (χ1n) is 12.0. The number of rotatable bonds is 12. The summed E-state index contributed by atoms with van der Waals surface area (Å²) in [6, 6.07) is 22.2. The van der Waals surface area contributed by atoms with Gasteiger partial charge in [-0.3, -0.25) is 4.79 Å². The normalized spacial score (nSPS) is 12.6. The molecule has 0 spiro atoms. The van der Waals surface area contributed by atoms with Crippen LogP contribution in [-0.2, 0) is 28.8 Å². The smallest absolute Gasteiger partial charge is 0.309 e. The molecule has 35 heavy (non-hydrogen) atoms. The summed E-state index contributed by atoms with van der Waals surface area (Å²) in [6.07, 6.45) is 3.08. The second-order valence-corrected chi connectivity index (χ2v) is 8.91. The van der Waals surface area contributed by atoms with E-state index in [9.17, 15) is 9.90 Å². The summed E-state index contributed by atoms with van der Waals surface area (Å²) in [5, 5.41) is 11.5. The zero-order valence-electron chi connectivity index (χ0n) is 21.1. The van der Waals surface area contributed by atoms with Crippen LogP contribution in [0, 0.1) is 12.8 Å². The average Bonchev–Trinajstić information content (AvgIpc) is 2.89. The first-order chi connectivity index (χ1) is 16.9. The highest BCUT2D eigenvalue weighted by Gasteiger charge is 2.24. The fourth-order valence-electron chi connectivity index (χ4n) is 4.47. The van der Waals surface area contributed by atoms with Gasteiger partial charge in [0.05, 0.1) is 33.9 Å². The summed E-state index contributed by atoms with van der Waals surface area (Å²) in [6.45, 7) is 1.95. The number of ether oxygens (including phenoxy) is 3. The molecule has 0 amide bonds. The third kappa shape index (κ3) is 7.33. The van der Waals surface area contributed by atoms with Gasteiger partial charge in [0, 0.05) is 5.56 Å². The van der Waals surface area contributed by atoms with Crippen molar-refractivity contribution < 1.29 is 24.1 Å². The molecule has 0 aromatic heterocycles. The van der Waals surface area contributed by atoms with Crippen molar-refractivity contribution in [1.82, 2.24) is 0 Å². The average molecular weight is 477 g/mol. The van der Waals surface area contributed by atoms with Crippen molar-refractivity contribution >= 4 is 5.97 Å². The molecule has 1 N–H and O–H groups in total. The van der Waals surface area contributed by atoms with Gasteiger partial charge < -0.3 is 19.3 Å². The summed E-state index contributed by atoms with van der Waals surface area (Å²) in [4.78, 5) is 11.6. The Morgan fingerprint density at radius 1 is 0.857 bits per heavy atom. The number of hydrogen-bond donors (Lipinski definition) is 1. The van der Waals surface area contributed by atoms with Gasteiger partial charge in [0.1, 0.15) is 11.5 Å². The predicted molar refractivity (Wildman–Crippen MR) is 138 cm³/mol. The summed E-state index contributed by atoms with van der Waals surface area (Å²) in [5.74, 6) is 1.15. The minimum absolute atomic E-state index is 0.00212. The Morgan fingerprint density at radius 2 is 1.46 bits per heavy atom. The minimum atomic E-state index is -0.677. The van der Waals surface area contributed by atoms with E-state index in [1.807, 2.05) is 49.4 Å². The van der Waals surface area contributed by atoms with Crippen molar-refractivity contribution in [2.24, 2.45) is 5.92 Å². The number of carbonyl (C=O) groups is 1. The number of benzene rings is 3. The van der Waals surface area contributed by atoms with E-state index >= 15 is 0 Å². The Bertz CT molecular complexity index is 1050. The van der Waals surface area contributed by atoms with Gasteiger partial charge in [0.15, 0.2) is 0 Å². The molecule has 0 bridgehead atoms. The van der Waals surface area contributed by atoms with Gasteiger partial charge in [0.25, 0.3) is 0 Å². The highest BCUT2D eigenvalue weighted by atomic mass is 16.5. The minimum Gasteiger partial charge on any atom is -0.496 e. The summed E-state index contributed by atoms with van der Waals surface area (Å²) in [5.41, 5.74) is 5.03. The van der Waals surface area contributed by atoms with Crippen molar-refractivity contribution in [2.75, 3.05) is 21.3 Å². The molecule has 0 saturated carbocycles. The molecule has 186 valence electrons. The van der Waals surface area contributed by atoms with Crippen molar-refractivity contribution in [3.63, 3.8) is 0 Å². The fourth-order valence-corrected chi connectivity index (χ4v) is 4.47. The molecule has 0 heterocycles. The molecule has 0 fully saturated rings. The molecule has 0 aliphatic heterocycles. The van der Waals surface area contributed by atoms with Crippen LogP contribution in [0.2, 0.25) is 0 Å². The molecule has 0 saturated heterocycles. The third-order valence-electron chi connectivity index (χ3n) is 6.54. The van der Waals surface area contributed by atoms with Gasteiger partial charge >= 0.3 is 5.97 Å². The van der Waals surface area contributed by atoms with E-state index in [1.165, 1.54) is 12.7 Å². The molecule has 0 radical (unpaired) electrons. The predicted octanol–water partition coefficient (Wildman–Crippen LogP) is 5.64. The van der Waals surface area contributed by atoms with Crippen molar-refractivity contribution in [3.05, 3.63) is 94.5 Å². The van der Waals surface area contributed by atoms with Crippen molar-refractivity contribution in [2.45, 2.75) is 45.1 Å². The van der Waals surface area contributed by atoms with Crippen LogP contribution in [0.1, 0.15) is 46.8 Å². The van der Waals surface area contributed by atoms with Gasteiger partial charge in [-0.1, -0.05) is 54.6 Å². The van der Waals surface area contributed by atoms with E-state index in [4.69, 9.17) is 14.2 Å². The third-order valence-corrected chi connectivity index (χ3v) is 6.54. The van der Waals surface area contributed by atoms with Crippen LogP contribution < -0.4 is 9.47 Å². The zero-order chi connectivity index (χ0) is 25.2. The maximum atomic E-state index is 11.6. The maximum absolute atomic E-state index is 11.6. The summed E-state index contributed by atoms with van der Waals surface area (Å²) >= 11 is 0. The molecule has 5 heteroatoms. The number of aryl methyl sites for hydroxylation is 1. The quantitative estimate of drug-likeness (QED) is 0.343. The van der Waals surface area contributed by atoms with E-state index in [1.54, 1.807) is 14.2 Å². The van der Waals surface area contributed by atoms with E-state index in [0.29, 0.717) is 17.9 Å². The van der Waals surface area contributed by atoms with Crippen LogP contribution in [-0.4, -0.2) is 32.4 Å². The van der Waals surface area contributed by atoms with Gasteiger partial charge in [-0.05, 0) is 72.9 Å². The lowest BCUT2D eigenvalue weighted by molar-refractivity contribution is -0.139. The first-order valence-corrected chi connectivity index (χ1v) is 12.0. The van der Waals surface area contributed by atoms with Crippen molar-refractivity contribution in [1.29, 1.82) is 0 Å². The first kappa shape index (κ1) is 26.3. The van der Waals surface area contributed by atoms with Crippen LogP contribution in [0.5, 0.6) is 11.5 Å². The number of hydrogen-bond acceptors (Lipinski definition) is 5. The van der Waals surface area contributed by atoms with E-state index < -0.39 is 6.10 Å². The topological polar surface area (TPSA) is 65.0 Å². The SMILES string of the molecule is COC(=O)Cc1ccc(C[C@@H](CCCc2ccccc2)[C@H](O)c2cc(OC)c(C)c(OC)c2)cc1. The standard InChI is InChI=1S/C30H36O5/c1-21-27(33-2)19-26(20-28(21)34-3)30(32)25(12-8-11-22-9-6-5-7-10-22)17-23-13-15-24(16-14-23)18-29(31)35-4/h5-7,9-10,13-16,19-20,25,30,32H,8,11-12,17-18H2,1-4H3/t25-,30+/m1/s1. The molecule has 3 aromatic carbocycles. The Morgan fingerprint density at radius 3 is 2.03 bits per heavy atom. The lowest BCUT2D eigenvalue weighted by Crippen LogP contribution is -2.17. The molecular formula is C30H36O5. The molecule has 0 unspecified atom stereocenters. The largest absolute Gasteiger partial charge is 0.496 e. The lowest BCUT2D eigenvalue weighted by atomic mass is 9.85. The number of esters is 1. The van der Waals surface area contributed by atoms with E-state index in [-0.39, 0.29) is 18.3 Å². The van der Waals surface area contributed by atoms with Crippen LogP contribution in [0.15, 0.2) is 66.7 Å². The number of aliphatic hydroxyl groups is 1. The van der Waals surface area contributed by atoms with Gasteiger partial charge in [0.2, 0.25) is 0 Å². The van der Waals surface area contributed by atoms with Crippen LogP contribution >= 0.6 is 0 Å². The van der Waals surface area contributed by atoms with Crippen LogP contribution in [0.25, 0.3) is 0 Å². The van der Waals surface area contributed by atoms with Crippen LogP contribution in [0.4, 0.5) is 0 Å². The number of carbonyl (C=O) groups excluding carboxylic acids is 1. The van der Waals surface area contributed by atoms with E-state index in [2.05, 4.69) is 24.3 Å². The van der Waals surface area contributed by atoms with Crippen molar-refractivity contribution in [3.8, 4) is 11.5 Å². The molecular weight excluding hydrogens is 440 g/mol. The molecule has 3 aromatic rings. The molecule has 0 aliphatic rings. The van der Waals surface area contributed by atoms with Gasteiger partial charge in [-0.25, -0.2) is 0 Å². The Balaban J connectivity index is 1.81. The molecule has 0 aliphatic carbocycles. The Kier molecular flexibility index (Phi) is 9.74. The fraction of sp³-hybridized carbons (Fsp3) is 0.367. The second-order valence-electron chi connectivity index (χ2n) is 8.91. The molecule has 3 rings (SSSR count). The Hall–Kier alpha value is -3.31. The van der Waals surface area contributed by atoms with Gasteiger partial charge in [-0.15, -0.1) is 0 Å². The molecule has 2 atom stereocenters. The van der Waals surface area contributed by atoms with Gasteiger partial charge in [-0.2, -0.15) is 0 Å². The lowest BCUT2D eigenvalue weighted by Gasteiger charge is -2.25.